The topological polar surface area (TPSA) is 76.0 Å². The Morgan fingerprint density at radius 3 is 2.16 bits per heavy atom. The number of aliphatic hydroxyl groups excluding tert-OH is 1. The van der Waals surface area contributed by atoms with Gasteiger partial charge in [-0.15, -0.1) is 0 Å². The molecule has 1 aliphatic rings. The minimum atomic E-state index is -1.60. The summed E-state index contributed by atoms with van der Waals surface area (Å²) in [5.74, 6) is -1.18. The summed E-state index contributed by atoms with van der Waals surface area (Å²) in [6.45, 7) is 4.93. The van der Waals surface area contributed by atoms with Crippen molar-refractivity contribution < 1.29 is 45.7 Å². The number of carbonyl (C=O) groups is 1. The molecule has 25 heavy (non-hydrogen) atoms. The molecule has 0 saturated carbocycles. The van der Waals surface area contributed by atoms with Crippen LogP contribution in [0.3, 0.4) is 0 Å². The fourth-order valence-electron chi connectivity index (χ4n) is 1.85. The Hall–Kier alpha value is -0.250. The Labute approximate surface area is 171 Å². The molecule has 1 aromatic rings. The van der Waals surface area contributed by atoms with Crippen LogP contribution >= 0.6 is 34.8 Å². The first kappa shape index (κ1) is 21.1. The van der Waals surface area contributed by atoms with Gasteiger partial charge in [0.15, 0.2) is 0 Å². The summed E-state index contributed by atoms with van der Waals surface area (Å²) < 4.78 is 10.8. The number of ether oxygens (including phenoxy) is 2. The molecule has 0 amide bonds. The maximum absolute atomic E-state index is 12.6. The van der Waals surface area contributed by atoms with Crippen LogP contribution in [-0.2, 0) is 14.3 Å². The van der Waals surface area contributed by atoms with E-state index in [0.29, 0.717) is 8.59 Å². The maximum atomic E-state index is 12.6. The van der Waals surface area contributed by atoms with Crippen molar-refractivity contribution in [3.05, 3.63) is 40.1 Å². The van der Waals surface area contributed by atoms with E-state index in [2.05, 4.69) is 0 Å². The van der Waals surface area contributed by atoms with Gasteiger partial charge in [-0.25, -0.2) is 0 Å². The van der Waals surface area contributed by atoms with E-state index >= 15 is 0 Å². The zero-order valence-electron chi connectivity index (χ0n) is 13.7. The molecule has 5 nitrogen and oxygen atoms in total. The van der Waals surface area contributed by atoms with E-state index < -0.39 is 44.1 Å². The van der Waals surface area contributed by atoms with Gasteiger partial charge >= 0.3 is 172 Å². The molecule has 0 aliphatic carbocycles. The summed E-state index contributed by atoms with van der Waals surface area (Å²) in [6, 6.07) is 3.02. The molecule has 140 valence electrons. The second-order valence-corrected chi connectivity index (χ2v) is 10.4. The van der Waals surface area contributed by atoms with Crippen molar-refractivity contribution in [3.63, 3.8) is 0 Å². The molecule has 0 spiro atoms. The third-order valence-corrected chi connectivity index (χ3v) is 7.69. The van der Waals surface area contributed by atoms with Gasteiger partial charge in [0.05, 0.1) is 0 Å². The van der Waals surface area contributed by atoms with E-state index in [1.165, 1.54) is 12.1 Å². The van der Waals surface area contributed by atoms with Crippen molar-refractivity contribution in [1.29, 1.82) is 0 Å². The van der Waals surface area contributed by atoms with Crippen molar-refractivity contribution in [2.75, 3.05) is 13.2 Å². The number of esters is 1. The Morgan fingerprint density at radius 2 is 1.76 bits per heavy atom. The van der Waals surface area contributed by atoms with E-state index in [4.69, 9.17) is 44.3 Å². The van der Waals surface area contributed by atoms with Gasteiger partial charge in [-0.05, 0) is 0 Å². The van der Waals surface area contributed by atoms with Crippen LogP contribution in [0.25, 0.3) is 0 Å². The van der Waals surface area contributed by atoms with Crippen molar-refractivity contribution in [1.82, 2.24) is 0 Å². The van der Waals surface area contributed by atoms with Gasteiger partial charge in [0.25, 0.3) is 0 Å². The second-order valence-electron chi connectivity index (χ2n) is 6.47. The summed E-state index contributed by atoms with van der Waals surface area (Å²) in [4.78, 5) is 12.6. The third kappa shape index (κ3) is 5.14. The Bertz CT molecular complexity index is 700. The molecule has 2 rings (SSSR count). The van der Waals surface area contributed by atoms with Gasteiger partial charge in [0.2, 0.25) is 0 Å². The van der Waals surface area contributed by atoms with Crippen molar-refractivity contribution in [2.24, 2.45) is 0 Å². The predicted molar refractivity (Wildman–Crippen MR) is 91.4 cm³/mol. The first-order chi connectivity index (χ1) is 11.4. The van der Waals surface area contributed by atoms with Crippen LogP contribution in [0.1, 0.15) is 20.8 Å². The van der Waals surface area contributed by atoms with Gasteiger partial charge < -0.3 is 0 Å². The van der Waals surface area contributed by atoms with Gasteiger partial charge in [-0.1, -0.05) is 0 Å². The van der Waals surface area contributed by atoms with Crippen LogP contribution in [-0.4, -0.2) is 40.6 Å². The van der Waals surface area contributed by atoms with Crippen LogP contribution in [0, 0.1) is 3.57 Å². The molecule has 0 radical (unpaired) electrons. The molecule has 2 N–H and O–H groups in total. The molecule has 1 fully saturated rings. The fourth-order valence-corrected chi connectivity index (χ4v) is 5.60. The van der Waals surface area contributed by atoms with Gasteiger partial charge in [-0.3, -0.25) is 0 Å². The zero-order chi connectivity index (χ0) is 19.0. The molecule has 0 atom stereocenters. The Kier molecular flexibility index (Phi) is 6.55. The first-order valence-corrected chi connectivity index (χ1v) is 10.5. The van der Waals surface area contributed by atoms with E-state index in [1.54, 1.807) is 20.8 Å². The average molecular weight is 523 g/mol. The molecular formula is C16H17Cl3IO5-. The summed E-state index contributed by atoms with van der Waals surface area (Å²) in [6.07, 6.45) is 0. The van der Waals surface area contributed by atoms with Gasteiger partial charge in [0.1, 0.15) is 0 Å². The number of rotatable bonds is 4. The van der Waals surface area contributed by atoms with Crippen molar-refractivity contribution in [2.45, 2.75) is 32.0 Å². The molecule has 1 saturated heterocycles. The number of benzene rings is 1. The normalized spacial score (nSPS) is 17.7. The Morgan fingerprint density at radius 1 is 1.24 bits per heavy atom. The summed E-state index contributed by atoms with van der Waals surface area (Å²) in [7, 11) is 0. The standard InChI is InChI=1S/C16H17Cl3IO5/c1-15(2,3)25-14(22)12(13(21)16(23)6-24-7-16)20-11-9(18)4-8(17)5-10(11)19/h4-5,21,23H,6-7H2,1-3H3/q-1/b13-12-. The second kappa shape index (κ2) is 7.78. The number of halogens is 4. The van der Waals surface area contributed by atoms with E-state index in [9.17, 15) is 15.0 Å². The predicted octanol–water partition coefficient (Wildman–Crippen LogP) is 0.778. The number of hydrogen-bond donors (Lipinski definition) is 2. The molecule has 0 aromatic heterocycles. The molecule has 0 bridgehead atoms. The third-order valence-electron chi connectivity index (χ3n) is 3.05. The molecule has 1 aliphatic heterocycles. The van der Waals surface area contributed by atoms with Crippen LogP contribution in [0.4, 0.5) is 0 Å². The fraction of sp³-hybridized carbons (Fsp3) is 0.438. The zero-order valence-corrected chi connectivity index (χ0v) is 18.1. The Balaban J connectivity index is 2.46. The van der Waals surface area contributed by atoms with Crippen LogP contribution < -0.4 is 21.2 Å². The van der Waals surface area contributed by atoms with Crippen molar-refractivity contribution >= 4 is 40.8 Å². The van der Waals surface area contributed by atoms with Gasteiger partial charge in [-0.2, -0.15) is 0 Å². The monoisotopic (exact) mass is 521 g/mol. The molecular weight excluding hydrogens is 505 g/mol. The minimum absolute atomic E-state index is 0.0225. The van der Waals surface area contributed by atoms with Crippen LogP contribution in [0.5, 0.6) is 0 Å². The molecule has 1 heterocycles. The van der Waals surface area contributed by atoms with Crippen LogP contribution in [0.2, 0.25) is 15.1 Å². The molecule has 9 heteroatoms. The quantitative estimate of drug-likeness (QED) is 0.153. The van der Waals surface area contributed by atoms with E-state index in [0.717, 1.165) is 0 Å². The van der Waals surface area contributed by atoms with E-state index in [-0.39, 0.29) is 26.8 Å². The molecule has 1 aromatic carbocycles. The summed E-state index contributed by atoms with van der Waals surface area (Å²) in [5, 5.41) is 21.8. The number of carbonyl (C=O) groups excluding carboxylic acids is 1. The summed E-state index contributed by atoms with van der Waals surface area (Å²) >= 11 is 17.0. The van der Waals surface area contributed by atoms with Crippen LogP contribution in [0.15, 0.2) is 21.5 Å². The van der Waals surface area contributed by atoms with Crippen molar-refractivity contribution in [3.8, 4) is 0 Å². The molecule has 0 unspecified atom stereocenters. The van der Waals surface area contributed by atoms with E-state index in [1.807, 2.05) is 0 Å². The number of aliphatic hydroxyl groups is 2. The average Bonchev–Trinajstić information content (AvgIpc) is 2.41. The first-order valence-electron chi connectivity index (χ1n) is 7.19. The summed E-state index contributed by atoms with van der Waals surface area (Å²) in [5.41, 5.74) is -2.37. The van der Waals surface area contributed by atoms with Gasteiger partial charge in [0, 0.05) is 0 Å². The SMILES string of the molecule is CC(C)(C)OC(=O)/C([I-]c1c(Cl)cc(Cl)cc1Cl)=C(/O)C1(O)COC1. The number of hydrogen-bond acceptors (Lipinski definition) is 5.